The van der Waals surface area contributed by atoms with E-state index in [0.717, 1.165) is 23.8 Å². The van der Waals surface area contributed by atoms with E-state index in [-0.39, 0.29) is 12.0 Å². The molecule has 2 amide bonds. The normalized spacial score (nSPS) is 12.3. The van der Waals surface area contributed by atoms with Gasteiger partial charge in [0.1, 0.15) is 23.3 Å². The highest BCUT2D eigenvalue weighted by atomic mass is 35.5. The summed E-state index contributed by atoms with van der Waals surface area (Å²) in [4.78, 5) is 26.7. The summed E-state index contributed by atoms with van der Waals surface area (Å²) in [5.41, 5.74) is 0.799. The minimum Gasteiger partial charge on any atom is -0.444 e. The van der Waals surface area contributed by atoms with Crippen LogP contribution >= 0.6 is 11.6 Å². The molecule has 162 valence electrons. The van der Waals surface area contributed by atoms with Crippen molar-refractivity contribution >= 4 is 29.3 Å². The maximum absolute atomic E-state index is 13.6. The van der Waals surface area contributed by atoms with E-state index in [1.54, 1.807) is 39.0 Å². The van der Waals surface area contributed by atoms with Gasteiger partial charge in [-0.25, -0.2) is 13.6 Å². The predicted molar refractivity (Wildman–Crippen MR) is 113 cm³/mol. The molecule has 8 heteroatoms. The lowest BCUT2D eigenvalue weighted by Gasteiger charge is -2.27. The number of carbonyl (C=O) groups is 2. The number of nitrogens with one attached hydrogen (secondary N) is 1. The van der Waals surface area contributed by atoms with E-state index >= 15 is 0 Å². The molecule has 0 radical (unpaired) electrons. The van der Waals surface area contributed by atoms with Crippen molar-refractivity contribution in [3.05, 3.63) is 64.2 Å². The smallest absolute Gasteiger partial charge is 0.408 e. The fraction of sp³-hybridized carbons (Fsp3) is 0.364. The Kier molecular flexibility index (Phi) is 7.42. The Morgan fingerprint density at radius 1 is 1.13 bits per heavy atom. The molecular weight excluding hydrogens is 414 g/mol. The number of carbonyl (C=O) groups excluding carboxylic acids is 2. The van der Waals surface area contributed by atoms with Gasteiger partial charge in [0.25, 0.3) is 0 Å². The second kappa shape index (κ2) is 9.43. The lowest BCUT2D eigenvalue weighted by molar-refractivity contribution is -0.120. The van der Waals surface area contributed by atoms with Crippen LogP contribution in [-0.2, 0) is 16.0 Å². The number of ether oxygens (including phenoxy) is 1. The van der Waals surface area contributed by atoms with Crippen LogP contribution in [0.15, 0.2) is 36.4 Å². The number of amides is 2. The number of rotatable bonds is 5. The predicted octanol–water partition coefficient (Wildman–Crippen LogP) is 5.03. The average molecular weight is 439 g/mol. The van der Waals surface area contributed by atoms with Gasteiger partial charge in [0, 0.05) is 30.2 Å². The van der Waals surface area contributed by atoms with E-state index < -0.39 is 35.3 Å². The molecular formula is C22H25ClF2N2O3. The average Bonchev–Trinajstić information content (AvgIpc) is 2.59. The van der Waals surface area contributed by atoms with Gasteiger partial charge >= 0.3 is 6.09 Å². The highest BCUT2D eigenvalue weighted by molar-refractivity contribution is 6.31. The second-order valence-corrected chi connectivity index (χ2v) is 8.42. The number of nitrogens with zero attached hydrogens (tertiary/aromatic N) is 1. The lowest BCUT2D eigenvalue weighted by Crippen LogP contribution is -2.50. The molecule has 5 nitrogen and oxygen atoms in total. The zero-order valence-corrected chi connectivity index (χ0v) is 18.3. The van der Waals surface area contributed by atoms with Crippen LogP contribution in [0.1, 0.15) is 31.9 Å². The van der Waals surface area contributed by atoms with Gasteiger partial charge < -0.3 is 15.0 Å². The first-order chi connectivity index (χ1) is 13.9. The number of benzene rings is 2. The summed E-state index contributed by atoms with van der Waals surface area (Å²) in [5, 5.41) is 2.99. The first-order valence-electron chi connectivity index (χ1n) is 9.34. The van der Waals surface area contributed by atoms with Crippen molar-refractivity contribution in [1.82, 2.24) is 5.32 Å². The Hall–Kier alpha value is -2.67. The first kappa shape index (κ1) is 23.6. The Morgan fingerprint density at radius 3 is 2.27 bits per heavy atom. The molecule has 30 heavy (non-hydrogen) atoms. The molecule has 0 aliphatic heterocycles. The highest BCUT2D eigenvalue weighted by Crippen LogP contribution is 2.23. The van der Waals surface area contributed by atoms with Crippen molar-refractivity contribution < 1.29 is 23.1 Å². The molecule has 0 bridgehead atoms. The second-order valence-electron chi connectivity index (χ2n) is 8.01. The summed E-state index contributed by atoms with van der Waals surface area (Å²) in [5.74, 6) is -2.04. The van der Waals surface area contributed by atoms with E-state index in [0.29, 0.717) is 10.7 Å². The molecule has 0 spiro atoms. The molecule has 0 saturated carbocycles. The van der Waals surface area contributed by atoms with Gasteiger partial charge in [-0.05, 0) is 63.1 Å². The quantitative estimate of drug-likeness (QED) is 0.712. The van der Waals surface area contributed by atoms with Gasteiger partial charge in [0.05, 0.1) is 0 Å². The van der Waals surface area contributed by atoms with Crippen LogP contribution in [0.2, 0.25) is 5.02 Å². The summed E-state index contributed by atoms with van der Waals surface area (Å²) in [6, 6.07) is 6.95. The Morgan fingerprint density at radius 2 is 1.73 bits per heavy atom. The van der Waals surface area contributed by atoms with Crippen LogP contribution in [0.25, 0.3) is 0 Å². The topological polar surface area (TPSA) is 58.6 Å². The number of halogens is 3. The van der Waals surface area contributed by atoms with Crippen LogP contribution in [0, 0.1) is 18.6 Å². The summed E-state index contributed by atoms with van der Waals surface area (Å²) < 4.78 is 32.5. The Labute approximate surface area is 180 Å². The summed E-state index contributed by atoms with van der Waals surface area (Å²) >= 11 is 6.15. The van der Waals surface area contributed by atoms with Crippen molar-refractivity contribution in [1.29, 1.82) is 0 Å². The number of aryl methyl sites for hydroxylation is 1. The van der Waals surface area contributed by atoms with Crippen LogP contribution in [0.4, 0.5) is 19.3 Å². The molecule has 2 aromatic rings. The molecule has 0 unspecified atom stereocenters. The molecule has 0 aromatic heterocycles. The van der Waals surface area contributed by atoms with Gasteiger partial charge in [-0.3, -0.25) is 4.79 Å². The number of hydrogen-bond acceptors (Lipinski definition) is 3. The lowest BCUT2D eigenvalue weighted by atomic mass is 10.0. The van der Waals surface area contributed by atoms with Crippen LogP contribution < -0.4 is 10.2 Å². The number of alkyl carbamates (subject to hydrolysis) is 1. The molecule has 2 aromatic carbocycles. The van der Waals surface area contributed by atoms with Crippen LogP contribution in [-0.4, -0.2) is 30.7 Å². The largest absolute Gasteiger partial charge is 0.444 e. The number of hydrogen-bond donors (Lipinski definition) is 1. The Balaban J connectivity index is 2.31. The maximum atomic E-state index is 13.6. The van der Waals surface area contributed by atoms with Gasteiger partial charge in [-0.15, -0.1) is 0 Å². The summed E-state index contributed by atoms with van der Waals surface area (Å²) in [7, 11) is 1.53. The molecule has 0 aliphatic carbocycles. The van der Waals surface area contributed by atoms with Crippen LogP contribution in [0.3, 0.4) is 0 Å². The third-order valence-electron chi connectivity index (χ3n) is 4.22. The third-order valence-corrected chi connectivity index (χ3v) is 4.63. The standard InChI is InChI=1S/C22H25ClF2N2O3/c1-13-6-7-17(12-18(13)23)27(5)20(28)19(26-21(29)30-22(2,3)4)10-14-8-15(24)11-16(25)9-14/h6-9,11-12,19H,10H2,1-5H3,(H,26,29)/t19-/m0/s1. The molecule has 0 heterocycles. The Bertz CT molecular complexity index is 924. The van der Waals surface area contributed by atoms with Crippen molar-refractivity contribution in [2.24, 2.45) is 0 Å². The highest BCUT2D eigenvalue weighted by Gasteiger charge is 2.28. The third kappa shape index (κ3) is 6.69. The van der Waals surface area contributed by atoms with E-state index in [1.807, 2.05) is 6.92 Å². The molecule has 0 aliphatic rings. The van der Waals surface area contributed by atoms with Crippen molar-refractivity contribution in [2.75, 3.05) is 11.9 Å². The van der Waals surface area contributed by atoms with Crippen molar-refractivity contribution in [3.8, 4) is 0 Å². The maximum Gasteiger partial charge on any atom is 0.408 e. The monoisotopic (exact) mass is 438 g/mol. The van der Waals surface area contributed by atoms with Gasteiger partial charge in [-0.2, -0.15) is 0 Å². The fourth-order valence-corrected chi connectivity index (χ4v) is 2.94. The zero-order valence-electron chi connectivity index (χ0n) is 17.6. The number of likely N-dealkylation sites (N-methyl/N-ethyl adjacent to an activating group) is 1. The summed E-state index contributed by atoms with van der Waals surface area (Å²) in [6.07, 6.45) is -0.940. The van der Waals surface area contributed by atoms with E-state index in [4.69, 9.17) is 16.3 Å². The zero-order chi connectivity index (χ0) is 22.6. The van der Waals surface area contributed by atoms with Gasteiger partial charge in [0.2, 0.25) is 5.91 Å². The van der Waals surface area contributed by atoms with Crippen LogP contribution in [0.5, 0.6) is 0 Å². The molecule has 0 saturated heterocycles. The fourth-order valence-electron chi connectivity index (χ4n) is 2.77. The van der Waals surface area contributed by atoms with E-state index in [9.17, 15) is 18.4 Å². The van der Waals surface area contributed by atoms with Crippen molar-refractivity contribution in [2.45, 2.75) is 45.8 Å². The van der Waals surface area contributed by atoms with E-state index in [1.165, 1.54) is 11.9 Å². The van der Waals surface area contributed by atoms with E-state index in [2.05, 4.69) is 5.32 Å². The number of anilines is 1. The first-order valence-corrected chi connectivity index (χ1v) is 9.72. The van der Waals surface area contributed by atoms with Gasteiger partial charge in [0.15, 0.2) is 0 Å². The summed E-state index contributed by atoms with van der Waals surface area (Å²) in [6.45, 7) is 6.89. The molecule has 1 N–H and O–H groups in total. The molecule has 0 fully saturated rings. The minimum atomic E-state index is -1.12. The molecule has 1 atom stereocenters. The van der Waals surface area contributed by atoms with Gasteiger partial charge in [-0.1, -0.05) is 17.7 Å². The minimum absolute atomic E-state index is 0.128. The molecule has 2 rings (SSSR count). The van der Waals surface area contributed by atoms with Crippen molar-refractivity contribution in [3.63, 3.8) is 0 Å². The SMILES string of the molecule is Cc1ccc(N(C)C(=O)[C@H](Cc2cc(F)cc(F)c2)NC(=O)OC(C)(C)C)cc1Cl.